The Hall–Kier alpha value is -0.280. The van der Waals surface area contributed by atoms with Gasteiger partial charge >= 0.3 is 0 Å². The first-order valence-corrected chi connectivity index (χ1v) is 4.32. The van der Waals surface area contributed by atoms with Crippen LogP contribution in [0.3, 0.4) is 0 Å². The summed E-state index contributed by atoms with van der Waals surface area (Å²) in [5.74, 6) is 0. The molecule has 0 aliphatic carbocycles. The Morgan fingerprint density at radius 1 is 1.64 bits per heavy atom. The zero-order chi connectivity index (χ0) is 8.43. The van der Waals surface area contributed by atoms with Crippen LogP contribution in [0.15, 0.2) is 10.7 Å². The van der Waals surface area contributed by atoms with Crippen molar-refractivity contribution in [2.24, 2.45) is 0 Å². The van der Waals surface area contributed by atoms with Crippen molar-refractivity contribution < 1.29 is 0 Å². The first kappa shape index (κ1) is 8.81. The van der Waals surface area contributed by atoms with E-state index in [2.05, 4.69) is 26.2 Å². The van der Waals surface area contributed by atoms with Crippen LogP contribution in [0.5, 0.6) is 0 Å². The van der Waals surface area contributed by atoms with Gasteiger partial charge in [-0.3, -0.25) is 0 Å². The summed E-state index contributed by atoms with van der Waals surface area (Å²) in [6.45, 7) is 1.98. The molecule has 0 radical (unpaired) electrons. The molecule has 0 aromatic carbocycles. The maximum atomic E-state index is 5.71. The van der Waals surface area contributed by atoms with E-state index in [1.165, 1.54) is 0 Å². The minimum atomic E-state index is 0.508. The summed E-state index contributed by atoms with van der Waals surface area (Å²) in [7, 11) is 1.85. The fourth-order valence-electron chi connectivity index (χ4n) is 0.896. The van der Waals surface area contributed by atoms with Crippen LogP contribution in [0.4, 0.5) is 5.69 Å². The average Bonchev–Trinajstić information content (AvgIpc) is 1.85. The molecule has 1 rings (SSSR count). The lowest BCUT2D eigenvalue weighted by Gasteiger charge is -2.06. The highest BCUT2D eigenvalue weighted by atomic mass is 79.9. The van der Waals surface area contributed by atoms with Crippen molar-refractivity contribution in [3.05, 3.63) is 21.4 Å². The Kier molecular flexibility index (Phi) is 2.73. The highest BCUT2D eigenvalue weighted by molar-refractivity contribution is 9.10. The lowest BCUT2D eigenvalue weighted by molar-refractivity contribution is 1.23. The van der Waals surface area contributed by atoms with Gasteiger partial charge in [0.25, 0.3) is 0 Å². The molecule has 0 saturated carbocycles. The fourth-order valence-corrected chi connectivity index (χ4v) is 1.95. The predicted molar refractivity (Wildman–Crippen MR) is 51.2 cm³/mol. The van der Waals surface area contributed by atoms with E-state index in [4.69, 9.17) is 11.6 Å². The number of nitrogens with one attached hydrogen (secondary N) is 1. The van der Waals surface area contributed by atoms with E-state index in [1.54, 1.807) is 0 Å². The molecule has 0 bridgehead atoms. The molecular formula is C7H8BrClN2. The molecular weight excluding hydrogens is 227 g/mol. The van der Waals surface area contributed by atoms with Gasteiger partial charge in [-0.15, -0.1) is 0 Å². The van der Waals surface area contributed by atoms with E-state index in [1.807, 2.05) is 20.0 Å². The van der Waals surface area contributed by atoms with Crippen LogP contribution in [-0.4, -0.2) is 12.0 Å². The van der Waals surface area contributed by atoms with Gasteiger partial charge in [-0.05, 0) is 34.5 Å². The normalized spacial score (nSPS) is 9.82. The molecule has 1 N–H and O–H groups in total. The maximum Gasteiger partial charge on any atom is 0.131 e. The summed E-state index contributed by atoms with van der Waals surface area (Å²) in [5.41, 5.74) is 2.06. The Balaban J connectivity index is 3.25. The first-order valence-electron chi connectivity index (χ1n) is 3.15. The van der Waals surface area contributed by atoms with Gasteiger partial charge in [0, 0.05) is 7.05 Å². The van der Waals surface area contributed by atoms with Gasteiger partial charge in [0.2, 0.25) is 0 Å². The van der Waals surface area contributed by atoms with Gasteiger partial charge in [-0.25, -0.2) is 4.98 Å². The third-order valence-corrected chi connectivity index (χ3v) is 2.16. The zero-order valence-corrected chi connectivity index (χ0v) is 8.62. The first-order chi connectivity index (χ1) is 5.15. The Morgan fingerprint density at radius 2 is 2.27 bits per heavy atom. The second-order valence-electron chi connectivity index (χ2n) is 2.18. The van der Waals surface area contributed by atoms with Gasteiger partial charge in [-0.1, -0.05) is 11.6 Å². The van der Waals surface area contributed by atoms with Crippen molar-refractivity contribution in [2.45, 2.75) is 6.92 Å². The number of hydrogen-bond donors (Lipinski definition) is 1. The highest BCUT2D eigenvalue weighted by Gasteiger charge is 2.03. The van der Waals surface area contributed by atoms with Crippen molar-refractivity contribution in [3.8, 4) is 0 Å². The molecule has 1 heterocycles. The fraction of sp³-hybridized carbons (Fsp3) is 0.286. The van der Waals surface area contributed by atoms with Crippen LogP contribution in [-0.2, 0) is 0 Å². The molecule has 0 unspecified atom stereocenters. The molecule has 4 heteroatoms. The SMILES string of the molecule is CNc1c(C)cc(Cl)nc1Br. The maximum absolute atomic E-state index is 5.71. The van der Waals surface area contributed by atoms with Gasteiger partial charge in [-0.2, -0.15) is 0 Å². The summed E-state index contributed by atoms with van der Waals surface area (Å²) in [5, 5.41) is 3.53. The largest absolute Gasteiger partial charge is 0.386 e. The van der Waals surface area contributed by atoms with E-state index >= 15 is 0 Å². The molecule has 11 heavy (non-hydrogen) atoms. The van der Waals surface area contributed by atoms with E-state index in [9.17, 15) is 0 Å². The van der Waals surface area contributed by atoms with Gasteiger partial charge in [0.05, 0.1) is 5.69 Å². The predicted octanol–water partition coefficient (Wildman–Crippen LogP) is 2.85. The molecule has 0 spiro atoms. The standard InChI is InChI=1S/C7H8BrClN2/c1-4-3-5(9)11-7(8)6(4)10-2/h3,10H,1-2H3. The summed E-state index contributed by atoms with van der Waals surface area (Å²) in [4.78, 5) is 4.02. The molecule has 0 saturated heterocycles. The molecule has 0 atom stereocenters. The molecule has 1 aromatic heterocycles. The smallest absolute Gasteiger partial charge is 0.131 e. The monoisotopic (exact) mass is 234 g/mol. The Labute approximate surface area is 79.1 Å². The molecule has 0 aliphatic heterocycles. The number of pyridine rings is 1. The minimum absolute atomic E-state index is 0.508. The van der Waals surface area contributed by atoms with Crippen molar-refractivity contribution in [1.29, 1.82) is 0 Å². The number of rotatable bonds is 1. The van der Waals surface area contributed by atoms with Crippen LogP contribution in [0.1, 0.15) is 5.56 Å². The number of aromatic nitrogens is 1. The summed E-state index contributed by atoms with van der Waals surface area (Å²) < 4.78 is 0.755. The third kappa shape index (κ3) is 1.84. The lowest BCUT2D eigenvalue weighted by atomic mass is 10.2. The third-order valence-electron chi connectivity index (χ3n) is 1.39. The van der Waals surface area contributed by atoms with Gasteiger partial charge < -0.3 is 5.32 Å². The van der Waals surface area contributed by atoms with Crippen LogP contribution in [0, 0.1) is 6.92 Å². The van der Waals surface area contributed by atoms with Crippen molar-refractivity contribution >= 4 is 33.2 Å². The van der Waals surface area contributed by atoms with Gasteiger partial charge in [0.1, 0.15) is 9.76 Å². The number of anilines is 1. The Bertz CT molecular complexity index is 252. The van der Waals surface area contributed by atoms with E-state index in [0.29, 0.717) is 5.15 Å². The second kappa shape index (κ2) is 3.41. The van der Waals surface area contributed by atoms with Crippen LogP contribution in [0.25, 0.3) is 0 Å². The topological polar surface area (TPSA) is 24.9 Å². The molecule has 0 aliphatic rings. The molecule has 1 aromatic rings. The van der Waals surface area contributed by atoms with E-state index in [0.717, 1.165) is 15.9 Å². The average molecular weight is 236 g/mol. The molecule has 0 fully saturated rings. The summed E-state index contributed by atoms with van der Waals surface area (Å²) >= 11 is 9.01. The van der Waals surface area contributed by atoms with Crippen molar-refractivity contribution in [3.63, 3.8) is 0 Å². The van der Waals surface area contributed by atoms with Gasteiger partial charge in [0.15, 0.2) is 0 Å². The summed E-state index contributed by atoms with van der Waals surface area (Å²) in [6.07, 6.45) is 0. The molecule has 0 amide bonds. The number of halogens is 2. The van der Waals surface area contributed by atoms with E-state index in [-0.39, 0.29) is 0 Å². The Morgan fingerprint density at radius 3 is 2.73 bits per heavy atom. The molecule has 2 nitrogen and oxygen atoms in total. The molecule has 60 valence electrons. The van der Waals surface area contributed by atoms with E-state index < -0.39 is 0 Å². The quantitative estimate of drug-likeness (QED) is 0.757. The van der Waals surface area contributed by atoms with Crippen molar-refractivity contribution in [1.82, 2.24) is 4.98 Å². The number of hydrogen-bond acceptors (Lipinski definition) is 2. The number of aryl methyl sites for hydroxylation is 1. The van der Waals surface area contributed by atoms with Crippen LogP contribution in [0.2, 0.25) is 5.15 Å². The van der Waals surface area contributed by atoms with Crippen LogP contribution < -0.4 is 5.32 Å². The van der Waals surface area contributed by atoms with Crippen LogP contribution >= 0.6 is 27.5 Å². The zero-order valence-electron chi connectivity index (χ0n) is 6.28. The minimum Gasteiger partial charge on any atom is -0.386 e. The second-order valence-corrected chi connectivity index (χ2v) is 3.32. The highest BCUT2D eigenvalue weighted by Crippen LogP contribution is 2.25. The lowest BCUT2D eigenvalue weighted by Crippen LogP contribution is -1.94. The summed E-state index contributed by atoms with van der Waals surface area (Å²) in [6, 6.07) is 1.82. The van der Waals surface area contributed by atoms with Crippen molar-refractivity contribution in [2.75, 3.05) is 12.4 Å². The number of nitrogens with zero attached hydrogens (tertiary/aromatic N) is 1.